The lowest BCUT2D eigenvalue weighted by atomic mass is 9.86. The SMILES string of the molecule is CCOc1cccc(OC2CCCCC2CN)c1[N+](=O)[O-]. The van der Waals surface area contributed by atoms with Gasteiger partial charge in [0.15, 0.2) is 0 Å². The minimum Gasteiger partial charge on any atom is -0.487 e. The zero-order valence-electron chi connectivity index (χ0n) is 12.3. The number of nitrogens with two attached hydrogens (primary N) is 1. The van der Waals surface area contributed by atoms with E-state index < -0.39 is 4.92 Å². The highest BCUT2D eigenvalue weighted by Crippen LogP contribution is 2.39. The topological polar surface area (TPSA) is 87.6 Å². The number of ether oxygens (including phenoxy) is 2. The van der Waals surface area contributed by atoms with Gasteiger partial charge in [-0.2, -0.15) is 0 Å². The normalized spacial score (nSPS) is 21.8. The van der Waals surface area contributed by atoms with Gasteiger partial charge in [-0.15, -0.1) is 0 Å². The zero-order valence-corrected chi connectivity index (χ0v) is 12.3. The molecule has 2 unspecified atom stereocenters. The largest absolute Gasteiger partial charge is 0.487 e. The van der Waals surface area contributed by atoms with Gasteiger partial charge in [0.05, 0.1) is 11.5 Å². The third-order valence-corrected chi connectivity index (χ3v) is 3.86. The number of benzene rings is 1. The summed E-state index contributed by atoms with van der Waals surface area (Å²) >= 11 is 0. The third-order valence-electron chi connectivity index (χ3n) is 3.86. The Morgan fingerprint density at radius 2 is 2.05 bits per heavy atom. The molecule has 0 aromatic heterocycles. The van der Waals surface area contributed by atoms with E-state index in [-0.39, 0.29) is 29.2 Å². The summed E-state index contributed by atoms with van der Waals surface area (Å²) in [6.45, 7) is 2.71. The average Bonchev–Trinajstić information content (AvgIpc) is 2.48. The Bertz CT molecular complexity index is 493. The first-order valence-electron chi connectivity index (χ1n) is 7.44. The number of hydrogen-bond acceptors (Lipinski definition) is 5. The van der Waals surface area contributed by atoms with E-state index in [1.54, 1.807) is 25.1 Å². The average molecular weight is 294 g/mol. The Morgan fingerprint density at radius 1 is 1.33 bits per heavy atom. The summed E-state index contributed by atoms with van der Waals surface area (Å²) in [5.41, 5.74) is 5.69. The summed E-state index contributed by atoms with van der Waals surface area (Å²) < 4.78 is 11.3. The van der Waals surface area contributed by atoms with Crippen LogP contribution < -0.4 is 15.2 Å². The number of hydrogen-bond donors (Lipinski definition) is 1. The molecule has 1 aromatic rings. The molecule has 21 heavy (non-hydrogen) atoms. The van der Waals surface area contributed by atoms with E-state index in [1.165, 1.54) is 0 Å². The Kier molecular flexibility index (Phi) is 5.38. The van der Waals surface area contributed by atoms with E-state index in [9.17, 15) is 10.1 Å². The summed E-state index contributed by atoms with van der Waals surface area (Å²) in [7, 11) is 0. The Labute approximate surface area is 124 Å². The molecule has 2 rings (SSSR count). The van der Waals surface area contributed by atoms with Crippen molar-refractivity contribution in [2.45, 2.75) is 38.7 Å². The molecule has 0 saturated heterocycles. The minimum atomic E-state index is -0.444. The van der Waals surface area contributed by atoms with Crippen molar-refractivity contribution < 1.29 is 14.4 Å². The maximum Gasteiger partial charge on any atom is 0.352 e. The van der Waals surface area contributed by atoms with Crippen LogP contribution in [0.3, 0.4) is 0 Å². The van der Waals surface area contributed by atoms with Gasteiger partial charge in [-0.25, -0.2) is 0 Å². The van der Waals surface area contributed by atoms with E-state index in [4.69, 9.17) is 15.2 Å². The van der Waals surface area contributed by atoms with Crippen molar-refractivity contribution in [2.75, 3.05) is 13.2 Å². The highest BCUT2D eigenvalue weighted by atomic mass is 16.6. The smallest absolute Gasteiger partial charge is 0.352 e. The van der Waals surface area contributed by atoms with Crippen LogP contribution in [0.1, 0.15) is 32.6 Å². The maximum absolute atomic E-state index is 11.3. The molecule has 1 aliphatic carbocycles. The molecule has 0 radical (unpaired) electrons. The molecular formula is C15H22N2O4. The van der Waals surface area contributed by atoms with E-state index in [2.05, 4.69) is 0 Å². The Hall–Kier alpha value is -1.82. The lowest BCUT2D eigenvalue weighted by molar-refractivity contribution is -0.387. The van der Waals surface area contributed by atoms with Crippen molar-refractivity contribution in [2.24, 2.45) is 11.7 Å². The fraction of sp³-hybridized carbons (Fsp3) is 0.600. The van der Waals surface area contributed by atoms with Gasteiger partial charge in [-0.05, 0) is 44.9 Å². The monoisotopic (exact) mass is 294 g/mol. The third kappa shape index (κ3) is 3.64. The summed E-state index contributed by atoms with van der Waals surface area (Å²) in [4.78, 5) is 10.9. The van der Waals surface area contributed by atoms with Gasteiger partial charge >= 0.3 is 5.69 Å². The molecule has 2 N–H and O–H groups in total. The van der Waals surface area contributed by atoms with Crippen LogP contribution in [0, 0.1) is 16.0 Å². The Balaban J connectivity index is 2.26. The van der Waals surface area contributed by atoms with Crippen LogP contribution in [0.5, 0.6) is 11.5 Å². The van der Waals surface area contributed by atoms with Gasteiger partial charge in [0, 0.05) is 5.92 Å². The van der Waals surface area contributed by atoms with Gasteiger partial charge in [0.2, 0.25) is 11.5 Å². The first kappa shape index (κ1) is 15.6. The number of para-hydroxylation sites is 1. The molecule has 1 fully saturated rings. The van der Waals surface area contributed by atoms with Crippen LogP contribution >= 0.6 is 0 Å². The Morgan fingerprint density at radius 3 is 2.71 bits per heavy atom. The zero-order chi connectivity index (χ0) is 15.2. The molecule has 2 atom stereocenters. The van der Waals surface area contributed by atoms with Gasteiger partial charge in [-0.3, -0.25) is 10.1 Å². The summed E-state index contributed by atoms with van der Waals surface area (Å²) in [6.07, 6.45) is 4.06. The number of nitro benzene ring substituents is 1. The number of rotatable bonds is 6. The second-order valence-electron chi connectivity index (χ2n) is 5.23. The summed E-state index contributed by atoms with van der Waals surface area (Å²) in [6, 6.07) is 4.94. The van der Waals surface area contributed by atoms with Gasteiger partial charge < -0.3 is 15.2 Å². The highest BCUT2D eigenvalue weighted by Gasteiger charge is 2.29. The van der Waals surface area contributed by atoms with Gasteiger partial charge in [0.1, 0.15) is 6.10 Å². The highest BCUT2D eigenvalue weighted by molar-refractivity contribution is 5.57. The van der Waals surface area contributed by atoms with Gasteiger partial charge in [0.25, 0.3) is 0 Å². The van der Waals surface area contributed by atoms with Crippen molar-refractivity contribution >= 4 is 5.69 Å². The number of nitro groups is 1. The second kappa shape index (κ2) is 7.26. The molecule has 0 aliphatic heterocycles. The number of nitrogens with zero attached hydrogens (tertiary/aromatic N) is 1. The molecule has 0 heterocycles. The lowest BCUT2D eigenvalue weighted by Crippen LogP contribution is -2.35. The van der Waals surface area contributed by atoms with Crippen LogP contribution in [0.25, 0.3) is 0 Å². The minimum absolute atomic E-state index is 0.0562. The fourth-order valence-electron chi connectivity index (χ4n) is 2.81. The molecule has 6 heteroatoms. The van der Waals surface area contributed by atoms with Crippen molar-refractivity contribution in [3.8, 4) is 11.5 Å². The van der Waals surface area contributed by atoms with Crippen LogP contribution in [-0.2, 0) is 0 Å². The van der Waals surface area contributed by atoms with Crippen molar-refractivity contribution in [1.29, 1.82) is 0 Å². The molecule has 1 saturated carbocycles. The molecule has 6 nitrogen and oxygen atoms in total. The van der Waals surface area contributed by atoms with Crippen molar-refractivity contribution in [3.63, 3.8) is 0 Å². The van der Waals surface area contributed by atoms with E-state index in [0.717, 1.165) is 25.7 Å². The van der Waals surface area contributed by atoms with Crippen molar-refractivity contribution in [3.05, 3.63) is 28.3 Å². The molecule has 1 aromatic carbocycles. The molecular weight excluding hydrogens is 272 g/mol. The van der Waals surface area contributed by atoms with Crippen molar-refractivity contribution in [1.82, 2.24) is 0 Å². The first-order chi connectivity index (χ1) is 10.2. The molecule has 0 amide bonds. The standard InChI is InChI=1S/C15H22N2O4/c1-2-20-13-8-5-9-14(15(13)17(18)19)21-12-7-4-3-6-11(12)10-16/h5,8-9,11-12H,2-4,6-7,10,16H2,1H3. The molecule has 0 spiro atoms. The summed E-state index contributed by atoms with van der Waals surface area (Å²) in [5.74, 6) is 0.783. The lowest BCUT2D eigenvalue weighted by Gasteiger charge is -2.30. The fourth-order valence-corrected chi connectivity index (χ4v) is 2.81. The van der Waals surface area contributed by atoms with E-state index in [0.29, 0.717) is 13.2 Å². The van der Waals surface area contributed by atoms with Crippen LogP contribution in [-0.4, -0.2) is 24.2 Å². The van der Waals surface area contributed by atoms with Crippen LogP contribution in [0.2, 0.25) is 0 Å². The van der Waals surface area contributed by atoms with Gasteiger partial charge in [-0.1, -0.05) is 12.5 Å². The maximum atomic E-state index is 11.3. The molecule has 1 aliphatic rings. The van der Waals surface area contributed by atoms with Crippen LogP contribution in [0.4, 0.5) is 5.69 Å². The first-order valence-corrected chi connectivity index (χ1v) is 7.44. The quantitative estimate of drug-likeness (QED) is 0.644. The molecule has 0 bridgehead atoms. The van der Waals surface area contributed by atoms with E-state index in [1.807, 2.05) is 0 Å². The second-order valence-corrected chi connectivity index (χ2v) is 5.23. The van der Waals surface area contributed by atoms with Crippen LogP contribution in [0.15, 0.2) is 18.2 Å². The molecule has 116 valence electrons. The predicted molar refractivity (Wildman–Crippen MR) is 79.7 cm³/mol. The summed E-state index contributed by atoms with van der Waals surface area (Å²) in [5, 5.41) is 11.3. The predicted octanol–water partition coefficient (Wildman–Crippen LogP) is 2.89. The van der Waals surface area contributed by atoms with E-state index >= 15 is 0 Å².